The molecule has 0 saturated heterocycles. The van der Waals surface area contributed by atoms with Gasteiger partial charge in [0.15, 0.2) is 6.10 Å². The van der Waals surface area contributed by atoms with Crippen molar-refractivity contribution >= 4 is 12.0 Å². The summed E-state index contributed by atoms with van der Waals surface area (Å²) in [5.74, 6) is 12.8. The summed E-state index contributed by atoms with van der Waals surface area (Å²) in [4.78, 5) is 11.4. The standard InChI is InChI=1S/C20H20O3/c1-16(21)23-20-10-8-6-4-3-5-7-9-18(20)15-17-11-13-19(22-2)14-12-17/h11-15,20H,3-6H2,1-2H3/b18-15+/t20-/m0/s1. The van der Waals surface area contributed by atoms with Gasteiger partial charge in [0.25, 0.3) is 0 Å². The summed E-state index contributed by atoms with van der Waals surface area (Å²) in [5, 5.41) is 0. The molecular weight excluding hydrogens is 288 g/mol. The van der Waals surface area contributed by atoms with Crippen molar-refractivity contribution in [1.82, 2.24) is 0 Å². The number of hydrogen-bond donors (Lipinski definition) is 0. The van der Waals surface area contributed by atoms with Crippen LogP contribution in [0.3, 0.4) is 0 Å². The van der Waals surface area contributed by atoms with Crippen LogP contribution < -0.4 is 4.74 Å². The molecule has 1 aromatic rings. The Labute approximate surface area is 137 Å². The highest BCUT2D eigenvalue weighted by molar-refractivity contribution is 5.69. The monoisotopic (exact) mass is 308 g/mol. The van der Waals surface area contributed by atoms with Gasteiger partial charge in [0.1, 0.15) is 5.75 Å². The second kappa shape index (κ2) is 8.71. The molecule has 0 bridgehead atoms. The third kappa shape index (κ3) is 5.57. The third-order valence-electron chi connectivity index (χ3n) is 3.32. The van der Waals surface area contributed by atoms with Crippen molar-refractivity contribution in [3.8, 4) is 29.4 Å². The fourth-order valence-electron chi connectivity index (χ4n) is 2.15. The quantitative estimate of drug-likeness (QED) is 0.632. The summed E-state index contributed by atoms with van der Waals surface area (Å²) < 4.78 is 10.5. The van der Waals surface area contributed by atoms with Crippen LogP contribution in [0.1, 0.15) is 38.2 Å². The van der Waals surface area contributed by atoms with Gasteiger partial charge in [-0.25, -0.2) is 0 Å². The van der Waals surface area contributed by atoms with E-state index < -0.39 is 6.10 Å². The molecule has 2 rings (SSSR count). The maximum absolute atomic E-state index is 11.4. The van der Waals surface area contributed by atoms with Gasteiger partial charge in [-0.1, -0.05) is 35.8 Å². The van der Waals surface area contributed by atoms with Crippen LogP contribution >= 0.6 is 0 Å². The Bertz CT molecular complexity index is 690. The van der Waals surface area contributed by atoms with Gasteiger partial charge >= 0.3 is 5.97 Å². The predicted octanol–water partition coefficient (Wildman–Crippen LogP) is 3.59. The molecule has 0 fully saturated rings. The second-order valence-electron chi connectivity index (χ2n) is 5.19. The van der Waals surface area contributed by atoms with Gasteiger partial charge in [-0.05, 0) is 36.6 Å². The van der Waals surface area contributed by atoms with Crippen molar-refractivity contribution in [3.63, 3.8) is 0 Å². The summed E-state index contributed by atoms with van der Waals surface area (Å²) in [6.45, 7) is 1.39. The summed E-state index contributed by atoms with van der Waals surface area (Å²) in [5.41, 5.74) is 1.67. The van der Waals surface area contributed by atoms with Crippen molar-refractivity contribution in [2.24, 2.45) is 0 Å². The van der Waals surface area contributed by atoms with E-state index in [4.69, 9.17) is 9.47 Å². The Balaban J connectivity index is 2.35. The molecule has 0 amide bonds. The number of rotatable bonds is 3. The maximum Gasteiger partial charge on any atom is 0.304 e. The molecule has 118 valence electrons. The van der Waals surface area contributed by atoms with Crippen LogP contribution in [0.25, 0.3) is 6.08 Å². The van der Waals surface area contributed by atoms with Crippen molar-refractivity contribution < 1.29 is 14.3 Å². The highest BCUT2D eigenvalue weighted by Gasteiger charge is 2.14. The molecule has 3 heteroatoms. The van der Waals surface area contributed by atoms with Crippen LogP contribution in [0.5, 0.6) is 5.75 Å². The van der Waals surface area contributed by atoms with Gasteiger partial charge in [0, 0.05) is 19.8 Å². The number of carbonyl (C=O) groups excluding carboxylic acids is 1. The molecule has 0 spiro atoms. The van der Waals surface area contributed by atoms with E-state index in [0.717, 1.165) is 37.0 Å². The molecule has 0 heterocycles. The molecule has 0 unspecified atom stereocenters. The Kier molecular flexibility index (Phi) is 6.33. The largest absolute Gasteiger partial charge is 0.497 e. The Morgan fingerprint density at radius 2 is 1.87 bits per heavy atom. The van der Waals surface area contributed by atoms with E-state index >= 15 is 0 Å². The van der Waals surface area contributed by atoms with E-state index in [0.29, 0.717) is 5.57 Å². The van der Waals surface area contributed by atoms with Crippen LogP contribution in [0.15, 0.2) is 29.8 Å². The summed E-state index contributed by atoms with van der Waals surface area (Å²) in [6, 6.07) is 7.63. The highest BCUT2D eigenvalue weighted by Crippen LogP contribution is 2.17. The van der Waals surface area contributed by atoms with Gasteiger partial charge in [0.05, 0.1) is 12.7 Å². The van der Waals surface area contributed by atoms with Crippen LogP contribution in [-0.2, 0) is 9.53 Å². The van der Waals surface area contributed by atoms with Gasteiger partial charge in [-0.2, -0.15) is 0 Å². The van der Waals surface area contributed by atoms with Crippen molar-refractivity contribution in [3.05, 3.63) is 35.4 Å². The van der Waals surface area contributed by atoms with E-state index in [1.807, 2.05) is 30.3 Å². The van der Waals surface area contributed by atoms with E-state index in [1.165, 1.54) is 6.92 Å². The lowest BCUT2D eigenvalue weighted by Crippen LogP contribution is -2.16. The second-order valence-corrected chi connectivity index (χ2v) is 5.19. The lowest BCUT2D eigenvalue weighted by Gasteiger charge is -2.12. The van der Waals surface area contributed by atoms with Crippen molar-refractivity contribution in [2.75, 3.05) is 7.11 Å². The average molecular weight is 308 g/mol. The molecule has 0 aromatic heterocycles. The Hall–Kier alpha value is -2.65. The topological polar surface area (TPSA) is 35.5 Å². The number of methoxy groups -OCH3 is 1. The minimum atomic E-state index is -0.611. The van der Waals surface area contributed by atoms with E-state index in [1.54, 1.807) is 7.11 Å². The summed E-state index contributed by atoms with van der Waals surface area (Å²) in [7, 11) is 1.63. The molecule has 1 aliphatic carbocycles. The van der Waals surface area contributed by atoms with E-state index in [2.05, 4.69) is 23.7 Å². The van der Waals surface area contributed by atoms with Crippen LogP contribution in [0.2, 0.25) is 0 Å². The molecular formula is C20H20O3. The first-order valence-corrected chi connectivity index (χ1v) is 7.69. The average Bonchev–Trinajstić information content (AvgIpc) is 2.55. The van der Waals surface area contributed by atoms with Crippen LogP contribution in [0.4, 0.5) is 0 Å². The van der Waals surface area contributed by atoms with Crippen LogP contribution in [-0.4, -0.2) is 19.2 Å². The van der Waals surface area contributed by atoms with Crippen molar-refractivity contribution in [2.45, 2.75) is 38.7 Å². The number of esters is 1. The minimum Gasteiger partial charge on any atom is -0.497 e. The molecule has 0 radical (unpaired) electrons. The highest BCUT2D eigenvalue weighted by atomic mass is 16.5. The molecule has 23 heavy (non-hydrogen) atoms. The number of hydrogen-bond acceptors (Lipinski definition) is 3. The molecule has 0 aliphatic heterocycles. The van der Waals surface area contributed by atoms with Crippen molar-refractivity contribution in [1.29, 1.82) is 0 Å². The zero-order valence-corrected chi connectivity index (χ0v) is 13.5. The zero-order valence-electron chi connectivity index (χ0n) is 13.5. The first kappa shape index (κ1) is 16.7. The Morgan fingerprint density at radius 3 is 2.52 bits per heavy atom. The fraction of sp³-hybridized carbons (Fsp3) is 0.350. The summed E-state index contributed by atoms with van der Waals surface area (Å²) >= 11 is 0. The lowest BCUT2D eigenvalue weighted by atomic mass is 10.0. The zero-order chi connectivity index (χ0) is 16.5. The van der Waals surface area contributed by atoms with Gasteiger partial charge in [-0.3, -0.25) is 4.79 Å². The SMILES string of the molecule is COc1ccc(/C=C2\C#CCCCCC#C[C@@H]2OC(C)=O)cc1. The lowest BCUT2D eigenvalue weighted by molar-refractivity contribution is -0.142. The third-order valence-corrected chi connectivity index (χ3v) is 3.32. The van der Waals surface area contributed by atoms with E-state index in [-0.39, 0.29) is 5.97 Å². The number of ether oxygens (including phenoxy) is 2. The number of carbonyl (C=O) groups is 1. The smallest absolute Gasteiger partial charge is 0.304 e. The molecule has 1 aliphatic rings. The molecule has 3 nitrogen and oxygen atoms in total. The Morgan fingerprint density at radius 1 is 1.17 bits per heavy atom. The van der Waals surface area contributed by atoms with Gasteiger partial charge in [0.2, 0.25) is 0 Å². The van der Waals surface area contributed by atoms with Gasteiger partial charge < -0.3 is 9.47 Å². The molecule has 1 atom stereocenters. The predicted molar refractivity (Wildman–Crippen MR) is 90.5 cm³/mol. The first-order valence-electron chi connectivity index (χ1n) is 7.69. The molecule has 0 saturated carbocycles. The normalized spacial score (nSPS) is 18.9. The number of benzene rings is 1. The van der Waals surface area contributed by atoms with Crippen LogP contribution in [0, 0.1) is 23.7 Å². The first-order chi connectivity index (χ1) is 11.2. The van der Waals surface area contributed by atoms with Gasteiger partial charge in [-0.15, -0.1) is 0 Å². The summed E-state index contributed by atoms with van der Waals surface area (Å²) in [6.07, 6.45) is 4.99. The minimum absolute atomic E-state index is 0.358. The fourth-order valence-corrected chi connectivity index (χ4v) is 2.15. The molecule has 0 N–H and O–H groups in total. The van der Waals surface area contributed by atoms with E-state index in [9.17, 15) is 4.79 Å². The maximum atomic E-state index is 11.4. The molecule has 1 aromatic carbocycles.